The van der Waals surface area contributed by atoms with Crippen LogP contribution in [0, 0.1) is 0 Å². The number of rotatable bonds is 3. The second-order valence-electron chi connectivity index (χ2n) is 8.21. The molecular weight excluding hydrogens is 414 g/mol. The number of benzene rings is 2. The van der Waals surface area contributed by atoms with E-state index in [0.29, 0.717) is 5.84 Å². The second kappa shape index (κ2) is 8.81. The maximum absolute atomic E-state index is 11.7. The number of allylic oxidation sites excluding steroid dienone is 1. The molecule has 0 spiro atoms. The minimum atomic E-state index is 0.144. The average Bonchev–Trinajstić information content (AvgIpc) is 2.97. The summed E-state index contributed by atoms with van der Waals surface area (Å²) in [6.07, 6.45) is 6.20. The molecule has 166 valence electrons. The van der Waals surface area contributed by atoms with Crippen LogP contribution in [0.4, 0.5) is 5.69 Å². The molecule has 0 unspecified atom stereocenters. The van der Waals surface area contributed by atoms with Gasteiger partial charge in [-0.1, -0.05) is 11.2 Å². The molecule has 7 heteroatoms. The van der Waals surface area contributed by atoms with Crippen molar-refractivity contribution in [2.24, 2.45) is 10.7 Å². The van der Waals surface area contributed by atoms with Crippen molar-refractivity contribution in [2.45, 2.75) is 13.3 Å². The maximum Gasteiger partial charge on any atom is 0.219 e. The van der Waals surface area contributed by atoms with E-state index < -0.39 is 0 Å². The fraction of sp³-hybridized carbons (Fsp3) is 0.231. The van der Waals surface area contributed by atoms with Gasteiger partial charge in [0.2, 0.25) is 5.91 Å². The Labute approximate surface area is 192 Å². The SMILES string of the molecule is CC(=O)N1CCCN(c2ccc(-c3onc4ccc(C5=C=CC(N)=NC=C5)cc34)cc2)CC1. The molecule has 2 aliphatic heterocycles. The Morgan fingerprint density at radius 2 is 1.88 bits per heavy atom. The van der Waals surface area contributed by atoms with E-state index in [2.05, 4.69) is 51.1 Å². The average molecular weight is 440 g/mol. The number of nitrogens with two attached hydrogens (primary N) is 1. The van der Waals surface area contributed by atoms with Crippen molar-refractivity contribution in [3.05, 3.63) is 72.1 Å². The molecule has 3 aromatic rings. The summed E-state index contributed by atoms with van der Waals surface area (Å²) in [6.45, 7) is 4.97. The summed E-state index contributed by atoms with van der Waals surface area (Å²) in [5.74, 6) is 1.30. The predicted octanol–water partition coefficient (Wildman–Crippen LogP) is 3.98. The van der Waals surface area contributed by atoms with E-state index >= 15 is 0 Å². The molecule has 1 aromatic heterocycles. The van der Waals surface area contributed by atoms with Gasteiger partial charge in [0.25, 0.3) is 0 Å². The third-order valence-electron chi connectivity index (χ3n) is 6.06. The zero-order valence-electron chi connectivity index (χ0n) is 18.5. The Morgan fingerprint density at radius 3 is 2.70 bits per heavy atom. The normalized spacial score (nSPS) is 16.4. The van der Waals surface area contributed by atoms with Crippen LogP contribution in [0.25, 0.3) is 27.8 Å². The van der Waals surface area contributed by atoms with Crippen LogP contribution in [0.15, 0.2) is 76.1 Å². The summed E-state index contributed by atoms with van der Waals surface area (Å²) in [4.78, 5) is 20.1. The molecule has 1 saturated heterocycles. The van der Waals surface area contributed by atoms with Crippen LogP contribution in [0.1, 0.15) is 18.9 Å². The Kier molecular flexibility index (Phi) is 5.55. The van der Waals surface area contributed by atoms with E-state index in [9.17, 15) is 4.79 Å². The Balaban J connectivity index is 1.42. The topological polar surface area (TPSA) is 88.0 Å². The van der Waals surface area contributed by atoms with Crippen molar-refractivity contribution in [3.63, 3.8) is 0 Å². The van der Waals surface area contributed by atoms with Gasteiger partial charge in [0.15, 0.2) is 5.76 Å². The molecule has 2 N–H and O–H groups in total. The molecule has 0 atom stereocenters. The number of amidine groups is 1. The van der Waals surface area contributed by atoms with Crippen LogP contribution in [0.2, 0.25) is 0 Å². The summed E-state index contributed by atoms with van der Waals surface area (Å²) >= 11 is 0. The Hall–Kier alpha value is -4.09. The van der Waals surface area contributed by atoms with Crippen molar-refractivity contribution in [2.75, 3.05) is 31.1 Å². The highest BCUT2D eigenvalue weighted by Crippen LogP contribution is 2.32. The Morgan fingerprint density at radius 1 is 1.06 bits per heavy atom. The number of amides is 1. The highest BCUT2D eigenvalue weighted by Gasteiger charge is 2.18. The third kappa shape index (κ3) is 4.31. The van der Waals surface area contributed by atoms with E-state index in [1.807, 2.05) is 23.1 Å². The monoisotopic (exact) mass is 439 g/mol. The van der Waals surface area contributed by atoms with E-state index in [0.717, 1.165) is 71.7 Å². The molecule has 1 fully saturated rings. The maximum atomic E-state index is 11.7. The number of carbonyl (C=O) groups excluding carboxylic acids is 1. The van der Waals surface area contributed by atoms with Crippen LogP contribution < -0.4 is 10.6 Å². The number of anilines is 1. The van der Waals surface area contributed by atoms with Gasteiger partial charge in [0.1, 0.15) is 11.4 Å². The lowest BCUT2D eigenvalue weighted by Crippen LogP contribution is -2.33. The largest absolute Gasteiger partial charge is 0.383 e. The van der Waals surface area contributed by atoms with Gasteiger partial charge >= 0.3 is 0 Å². The number of hydrogen-bond donors (Lipinski definition) is 1. The minimum absolute atomic E-state index is 0.144. The van der Waals surface area contributed by atoms with Crippen LogP contribution in [-0.2, 0) is 4.79 Å². The summed E-state index contributed by atoms with van der Waals surface area (Å²) in [7, 11) is 0. The van der Waals surface area contributed by atoms with E-state index in [1.165, 1.54) is 0 Å². The summed E-state index contributed by atoms with van der Waals surface area (Å²) in [5, 5.41) is 5.18. The molecule has 0 aliphatic carbocycles. The van der Waals surface area contributed by atoms with Crippen LogP contribution in [0.3, 0.4) is 0 Å². The van der Waals surface area contributed by atoms with Crippen molar-refractivity contribution in [1.82, 2.24) is 10.1 Å². The lowest BCUT2D eigenvalue weighted by atomic mass is 10.0. The van der Waals surface area contributed by atoms with Gasteiger partial charge in [0.05, 0.1) is 5.39 Å². The van der Waals surface area contributed by atoms with Gasteiger partial charge in [0, 0.05) is 62.2 Å². The molecule has 5 rings (SSSR count). The molecule has 7 nitrogen and oxygen atoms in total. The predicted molar refractivity (Wildman–Crippen MR) is 131 cm³/mol. The first-order valence-electron chi connectivity index (χ1n) is 11.1. The van der Waals surface area contributed by atoms with Gasteiger partial charge in [-0.05, 0) is 54.5 Å². The highest BCUT2D eigenvalue weighted by atomic mass is 16.5. The zero-order chi connectivity index (χ0) is 22.8. The van der Waals surface area contributed by atoms with Gasteiger partial charge in [-0.15, -0.1) is 5.73 Å². The molecule has 0 bridgehead atoms. The fourth-order valence-corrected chi connectivity index (χ4v) is 4.25. The van der Waals surface area contributed by atoms with Crippen molar-refractivity contribution in [3.8, 4) is 11.3 Å². The van der Waals surface area contributed by atoms with Crippen LogP contribution in [0.5, 0.6) is 0 Å². The lowest BCUT2D eigenvalue weighted by molar-refractivity contribution is -0.128. The summed E-state index contributed by atoms with van der Waals surface area (Å²) in [6, 6.07) is 14.3. The number of nitrogens with zero attached hydrogens (tertiary/aromatic N) is 4. The van der Waals surface area contributed by atoms with Crippen LogP contribution in [-0.4, -0.2) is 48.0 Å². The molecule has 1 amide bonds. The lowest BCUT2D eigenvalue weighted by Gasteiger charge is -2.23. The number of hydrogen-bond acceptors (Lipinski definition) is 6. The van der Waals surface area contributed by atoms with E-state index in [-0.39, 0.29) is 5.91 Å². The molecular formula is C26H25N5O2. The molecule has 0 radical (unpaired) electrons. The summed E-state index contributed by atoms with van der Waals surface area (Å²) in [5.41, 5.74) is 13.7. The van der Waals surface area contributed by atoms with Crippen molar-refractivity contribution < 1.29 is 9.32 Å². The fourth-order valence-electron chi connectivity index (χ4n) is 4.25. The molecule has 2 aliphatic rings. The standard InChI is InChI=1S/C26H25N5O2/c1-18(32)30-13-2-14-31(16-15-30)22-7-3-20(4-8-22)26-23-17-21(5-9-24(23)29-33-26)19-6-10-25(27)28-12-11-19/h3-5,7-12,17H,2,13-16H2,1H3,(H2,27,28). The number of carbonyl (C=O) groups is 1. The number of aliphatic imine (C=N–C) groups is 1. The second-order valence-corrected chi connectivity index (χ2v) is 8.21. The van der Waals surface area contributed by atoms with Crippen molar-refractivity contribution >= 4 is 33.9 Å². The number of fused-ring (bicyclic) bond motifs is 1. The van der Waals surface area contributed by atoms with Gasteiger partial charge < -0.3 is 20.1 Å². The van der Waals surface area contributed by atoms with E-state index in [4.69, 9.17) is 10.3 Å². The van der Waals surface area contributed by atoms with Crippen LogP contribution >= 0.6 is 0 Å². The van der Waals surface area contributed by atoms with Gasteiger partial charge in [-0.2, -0.15) is 0 Å². The van der Waals surface area contributed by atoms with Gasteiger partial charge in [-0.25, -0.2) is 4.99 Å². The Bertz CT molecular complexity index is 1330. The zero-order valence-corrected chi connectivity index (χ0v) is 18.5. The molecule has 2 aromatic carbocycles. The molecule has 33 heavy (non-hydrogen) atoms. The first-order chi connectivity index (χ1) is 16.1. The molecule has 3 heterocycles. The summed E-state index contributed by atoms with van der Waals surface area (Å²) < 4.78 is 5.73. The van der Waals surface area contributed by atoms with Crippen molar-refractivity contribution in [1.29, 1.82) is 0 Å². The quantitative estimate of drug-likeness (QED) is 0.624. The molecule has 0 saturated carbocycles. The smallest absolute Gasteiger partial charge is 0.219 e. The van der Waals surface area contributed by atoms with Gasteiger partial charge in [-0.3, -0.25) is 4.79 Å². The first kappa shape index (κ1) is 20.8. The first-order valence-corrected chi connectivity index (χ1v) is 11.1. The highest BCUT2D eigenvalue weighted by molar-refractivity contribution is 5.97. The number of aromatic nitrogens is 1. The van der Waals surface area contributed by atoms with E-state index in [1.54, 1.807) is 19.2 Å². The minimum Gasteiger partial charge on any atom is -0.383 e. The third-order valence-corrected chi connectivity index (χ3v) is 6.06.